The van der Waals surface area contributed by atoms with Crippen LogP contribution in [0.15, 0.2) is 17.3 Å². The predicted molar refractivity (Wildman–Crippen MR) is 62.1 cm³/mol. The number of halogens is 3. The number of benzene rings is 1. The fourth-order valence-corrected chi connectivity index (χ4v) is 1.47. The molecule has 0 aliphatic rings. The minimum atomic E-state index is -1.25. The van der Waals surface area contributed by atoms with Gasteiger partial charge in [-0.1, -0.05) is 12.1 Å². The van der Waals surface area contributed by atoms with Gasteiger partial charge in [0.25, 0.3) is 0 Å². The second kappa shape index (κ2) is 6.07. The van der Waals surface area contributed by atoms with E-state index in [1.165, 1.54) is 0 Å². The van der Waals surface area contributed by atoms with E-state index in [9.17, 15) is 18.0 Å². The van der Waals surface area contributed by atoms with Crippen LogP contribution in [-0.4, -0.2) is 17.0 Å². The lowest BCUT2D eigenvalue weighted by molar-refractivity contribution is -0.118. The molecule has 0 heterocycles. The van der Waals surface area contributed by atoms with Crippen molar-refractivity contribution in [3.63, 3.8) is 0 Å². The third-order valence-electron chi connectivity index (χ3n) is 2.45. The molecule has 0 aliphatic heterocycles. The number of oxime groups is 1. The van der Waals surface area contributed by atoms with E-state index < -0.39 is 35.0 Å². The number of hydrogen-bond acceptors (Lipinski definition) is 3. The van der Waals surface area contributed by atoms with E-state index in [4.69, 9.17) is 10.9 Å². The van der Waals surface area contributed by atoms with Crippen LogP contribution in [0.2, 0.25) is 0 Å². The van der Waals surface area contributed by atoms with Gasteiger partial charge in [-0.05, 0) is 6.42 Å². The summed E-state index contributed by atoms with van der Waals surface area (Å²) in [6.07, 6.45) is 0.159. The van der Waals surface area contributed by atoms with Gasteiger partial charge >= 0.3 is 0 Å². The van der Waals surface area contributed by atoms with Gasteiger partial charge in [0, 0.05) is 12.1 Å². The maximum atomic E-state index is 13.3. The van der Waals surface area contributed by atoms with E-state index in [1.807, 2.05) is 5.32 Å². The number of nitrogens with two attached hydrogens (primary N) is 1. The van der Waals surface area contributed by atoms with Crippen molar-refractivity contribution in [3.8, 4) is 0 Å². The lowest BCUT2D eigenvalue weighted by atomic mass is 10.0. The maximum absolute atomic E-state index is 13.3. The van der Waals surface area contributed by atoms with Crippen molar-refractivity contribution in [3.05, 3.63) is 29.6 Å². The molecule has 104 valence electrons. The Hall–Kier alpha value is -2.25. The molecule has 1 rings (SSSR count). The molecule has 0 saturated carbocycles. The Morgan fingerprint density at radius 3 is 2.37 bits per heavy atom. The summed E-state index contributed by atoms with van der Waals surface area (Å²) in [6.45, 7) is 1.57. The van der Waals surface area contributed by atoms with Crippen LogP contribution in [0.1, 0.15) is 13.3 Å². The molecule has 0 spiro atoms. The number of nitrogens with zero attached hydrogens (tertiary/aromatic N) is 1. The molecule has 0 saturated heterocycles. The smallest absolute Gasteiger partial charge is 0.235 e. The Labute approximate surface area is 106 Å². The average molecular weight is 275 g/mol. The summed E-state index contributed by atoms with van der Waals surface area (Å²) in [5, 5.41) is 13.1. The lowest BCUT2D eigenvalue weighted by Crippen LogP contribution is -2.34. The van der Waals surface area contributed by atoms with Crippen molar-refractivity contribution in [1.29, 1.82) is 0 Å². The van der Waals surface area contributed by atoms with E-state index in [-0.39, 0.29) is 12.3 Å². The monoisotopic (exact) mass is 275 g/mol. The number of amidine groups is 1. The minimum absolute atomic E-state index is 0.159. The largest absolute Gasteiger partial charge is 0.409 e. The van der Waals surface area contributed by atoms with Gasteiger partial charge in [0.2, 0.25) is 5.91 Å². The third-order valence-corrected chi connectivity index (χ3v) is 2.45. The fraction of sp³-hybridized carbons (Fsp3) is 0.273. The Kier molecular flexibility index (Phi) is 4.74. The van der Waals surface area contributed by atoms with Gasteiger partial charge in [-0.3, -0.25) is 4.79 Å². The topological polar surface area (TPSA) is 87.7 Å². The second-order valence-corrected chi connectivity index (χ2v) is 3.72. The SMILES string of the molecule is CCC(C(=O)Nc1c(F)cc(F)cc1F)C(N)=NO. The summed E-state index contributed by atoms with van der Waals surface area (Å²) < 4.78 is 39.3. The molecule has 1 aromatic carbocycles. The summed E-state index contributed by atoms with van der Waals surface area (Å²) in [6, 6.07) is 0.867. The molecule has 1 atom stereocenters. The van der Waals surface area contributed by atoms with Crippen LogP contribution < -0.4 is 11.1 Å². The first-order valence-corrected chi connectivity index (χ1v) is 5.33. The normalized spacial score (nSPS) is 13.2. The number of hydrogen-bond donors (Lipinski definition) is 3. The Bertz CT molecular complexity index is 497. The minimum Gasteiger partial charge on any atom is -0.409 e. The van der Waals surface area contributed by atoms with E-state index in [2.05, 4.69) is 5.16 Å². The van der Waals surface area contributed by atoms with Crippen molar-refractivity contribution in [2.45, 2.75) is 13.3 Å². The third kappa shape index (κ3) is 3.36. The van der Waals surface area contributed by atoms with Crippen LogP contribution in [0.25, 0.3) is 0 Å². The van der Waals surface area contributed by atoms with Crippen molar-refractivity contribution in [2.75, 3.05) is 5.32 Å². The number of carbonyl (C=O) groups is 1. The van der Waals surface area contributed by atoms with E-state index in [0.29, 0.717) is 12.1 Å². The van der Waals surface area contributed by atoms with Gasteiger partial charge in [-0.25, -0.2) is 13.2 Å². The van der Waals surface area contributed by atoms with Crippen molar-refractivity contribution in [1.82, 2.24) is 0 Å². The number of carbonyl (C=O) groups excluding carboxylic acids is 1. The first kappa shape index (κ1) is 14.8. The summed E-state index contributed by atoms with van der Waals surface area (Å²) in [7, 11) is 0. The van der Waals surface area contributed by atoms with Crippen molar-refractivity contribution < 1.29 is 23.2 Å². The Morgan fingerprint density at radius 2 is 1.95 bits per heavy atom. The molecule has 19 heavy (non-hydrogen) atoms. The molecule has 5 nitrogen and oxygen atoms in total. The molecular weight excluding hydrogens is 263 g/mol. The Balaban J connectivity index is 3.00. The van der Waals surface area contributed by atoms with Crippen molar-refractivity contribution >= 4 is 17.4 Å². The zero-order valence-corrected chi connectivity index (χ0v) is 9.95. The number of nitrogens with one attached hydrogen (secondary N) is 1. The maximum Gasteiger partial charge on any atom is 0.235 e. The highest BCUT2D eigenvalue weighted by molar-refractivity contribution is 6.07. The molecule has 0 aromatic heterocycles. The zero-order valence-electron chi connectivity index (χ0n) is 9.95. The summed E-state index contributed by atoms with van der Waals surface area (Å²) in [5.74, 6) is -5.89. The predicted octanol–water partition coefficient (Wildman–Crippen LogP) is 1.82. The molecule has 1 aromatic rings. The van der Waals surface area contributed by atoms with Gasteiger partial charge in [0.15, 0.2) is 17.5 Å². The zero-order chi connectivity index (χ0) is 14.6. The van der Waals surface area contributed by atoms with Gasteiger partial charge in [0.1, 0.15) is 11.5 Å². The molecule has 1 amide bonds. The van der Waals surface area contributed by atoms with E-state index >= 15 is 0 Å². The molecule has 0 aliphatic carbocycles. The summed E-state index contributed by atoms with van der Waals surface area (Å²) in [5.41, 5.74) is 4.49. The number of amides is 1. The Morgan fingerprint density at radius 1 is 1.42 bits per heavy atom. The molecule has 1 unspecified atom stereocenters. The molecule has 0 fully saturated rings. The van der Waals surface area contributed by atoms with Gasteiger partial charge in [-0.15, -0.1) is 0 Å². The van der Waals surface area contributed by atoms with E-state index in [1.54, 1.807) is 6.92 Å². The average Bonchev–Trinajstić information content (AvgIpc) is 2.34. The highest BCUT2D eigenvalue weighted by Gasteiger charge is 2.23. The van der Waals surface area contributed by atoms with Crippen LogP contribution in [-0.2, 0) is 4.79 Å². The number of anilines is 1. The van der Waals surface area contributed by atoms with Crippen LogP contribution in [0.5, 0.6) is 0 Å². The van der Waals surface area contributed by atoms with Gasteiger partial charge < -0.3 is 16.3 Å². The molecule has 0 bridgehead atoms. The van der Waals surface area contributed by atoms with Gasteiger partial charge in [0.05, 0.1) is 5.92 Å². The first-order chi connectivity index (χ1) is 8.90. The van der Waals surface area contributed by atoms with Gasteiger partial charge in [-0.2, -0.15) is 0 Å². The highest BCUT2D eigenvalue weighted by Crippen LogP contribution is 2.21. The summed E-state index contributed by atoms with van der Waals surface area (Å²) >= 11 is 0. The second-order valence-electron chi connectivity index (χ2n) is 3.72. The first-order valence-electron chi connectivity index (χ1n) is 5.33. The summed E-state index contributed by atoms with van der Waals surface area (Å²) in [4.78, 5) is 11.7. The standard InChI is InChI=1S/C11H12F3N3O2/c1-2-6(10(15)17-19)11(18)16-9-7(13)3-5(12)4-8(9)14/h3-4,6,19H,2H2,1H3,(H2,15,17)(H,16,18). The van der Waals surface area contributed by atoms with Crippen LogP contribution >= 0.6 is 0 Å². The quantitative estimate of drug-likeness (QED) is 0.339. The van der Waals surface area contributed by atoms with Crippen LogP contribution in [0, 0.1) is 23.4 Å². The molecular formula is C11H12F3N3O2. The lowest BCUT2D eigenvalue weighted by Gasteiger charge is -2.14. The molecule has 0 radical (unpaired) electrons. The molecule has 8 heteroatoms. The highest BCUT2D eigenvalue weighted by atomic mass is 19.1. The molecule has 4 N–H and O–H groups in total. The van der Waals surface area contributed by atoms with Crippen molar-refractivity contribution in [2.24, 2.45) is 16.8 Å². The fourth-order valence-electron chi connectivity index (χ4n) is 1.47. The number of rotatable bonds is 4. The van der Waals surface area contributed by atoms with Crippen LogP contribution in [0.4, 0.5) is 18.9 Å². The van der Waals surface area contributed by atoms with Crippen LogP contribution in [0.3, 0.4) is 0 Å². The van der Waals surface area contributed by atoms with E-state index in [0.717, 1.165) is 0 Å².